The third-order valence-electron chi connectivity index (χ3n) is 3.30. The number of carboxylic acids is 1. The Bertz CT molecular complexity index is 814. The minimum Gasteiger partial charge on any atom is -0.497 e. The average molecular weight is 346 g/mol. The van der Waals surface area contributed by atoms with Crippen molar-refractivity contribution in [2.75, 3.05) is 12.4 Å². The van der Waals surface area contributed by atoms with Crippen LogP contribution < -0.4 is 10.1 Å². The van der Waals surface area contributed by atoms with E-state index in [1.807, 2.05) is 12.1 Å². The Hall–Kier alpha value is -2.79. The quantitative estimate of drug-likeness (QED) is 0.800. The highest BCUT2D eigenvalue weighted by Crippen LogP contribution is 2.22. The molecule has 0 saturated carbocycles. The Morgan fingerprint density at radius 2 is 1.96 bits per heavy atom. The van der Waals surface area contributed by atoms with Gasteiger partial charge in [0.25, 0.3) is 5.91 Å². The van der Waals surface area contributed by atoms with Crippen molar-refractivity contribution in [1.29, 1.82) is 0 Å². The third-order valence-corrected chi connectivity index (χ3v) is 3.53. The molecule has 0 fully saturated rings. The summed E-state index contributed by atoms with van der Waals surface area (Å²) in [5.41, 5.74) is 1.35. The maximum Gasteiger partial charge on any atom is 0.337 e. The predicted molar refractivity (Wildman–Crippen MR) is 93.7 cm³/mol. The van der Waals surface area contributed by atoms with Crippen LogP contribution in [0, 0.1) is 0 Å². The Balaban J connectivity index is 2.23. The molecule has 0 bridgehead atoms. The van der Waals surface area contributed by atoms with Crippen molar-refractivity contribution < 1.29 is 19.4 Å². The van der Waals surface area contributed by atoms with Crippen LogP contribution in [0.25, 0.3) is 6.08 Å². The van der Waals surface area contributed by atoms with Gasteiger partial charge in [0.05, 0.1) is 18.4 Å². The third kappa shape index (κ3) is 4.36. The summed E-state index contributed by atoms with van der Waals surface area (Å²) in [4.78, 5) is 23.5. The molecule has 0 aliphatic rings. The molecule has 6 heteroatoms. The van der Waals surface area contributed by atoms with E-state index in [-0.39, 0.29) is 16.3 Å². The van der Waals surface area contributed by atoms with Crippen LogP contribution in [0.15, 0.2) is 48.0 Å². The molecule has 0 unspecified atom stereocenters. The average Bonchev–Trinajstić information content (AvgIpc) is 2.56. The molecule has 0 saturated heterocycles. The van der Waals surface area contributed by atoms with Crippen LogP contribution in [0.5, 0.6) is 5.75 Å². The predicted octanol–water partition coefficient (Wildman–Crippen LogP) is 4.09. The number of hydrogen-bond acceptors (Lipinski definition) is 3. The lowest BCUT2D eigenvalue weighted by Gasteiger charge is -2.09. The van der Waals surface area contributed by atoms with E-state index in [9.17, 15) is 14.7 Å². The molecule has 2 N–H and O–H groups in total. The van der Waals surface area contributed by atoms with E-state index < -0.39 is 11.9 Å². The van der Waals surface area contributed by atoms with Gasteiger partial charge in [0, 0.05) is 10.6 Å². The monoisotopic (exact) mass is 345 g/mol. The van der Waals surface area contributed by atoms with Gasteiger partial charge in [-0.05, 0) is 48.9 Å². The van der Waals surface area contributed by atoms with Crippen LogP contribution in [-0.4, -0.2) is 24.1 Å². The molecule has 2 rings (SSSR count). The van der Waals surface area contributed by atoms with Gasteiger partial charge in [-0.15, -0.1) is 0 Å². The van der Waals surface area contributed by atoms with Crippen molar-refractivity contribution in [2.45, 2.75) is 6.92 Å². The van der Waals surface area contributed by atoms with E-state index in [0.29, 0.717) is 11.3 Å². The highest BCUT2D eigenvalue weighted by atomic mass is 35.5. The maximum atomic E-state index is 12.3. The summed E-state index contributed by atoms with van der Waals surface area (Å²) >= 11 is 5.80. The van der Waals surface area contributed by atoms with Crippen LogP contribution in [0.3, 0.4) is 0 Å². The van der Waals surface area contributed by atoms with Crippen LogP contribution >= 0.6 is 11.6 Å². The standard InChI is InChI=1S/C18H16ClNO4/c1-11(8-12-4-3-5-14(9-12)24-2)17(21)20-16-7-6-13(19)10-15(16)18(22)23/h3-10H,1-2H3,(H,20,21)(H,22,23). The first-order valence-corrected chi connectivity index (χ1v) is 7.45. The van der Waals surface area contributed by atoms with Gasteiger partial charge in [-0.1, -0.05) is 23.7 Å². The first kappa shape index (κ1) is 17.6. The molecule has 0 heterocycles. The Labute approximate surface area is 144 Å². The summed E-state index contributed by atoms with van der Waals surface area (Å²) in [6.45, 7) is 1.64. The molecule has 24 heavy (non-hydrogen) atoms. The molecule has 2 aromatic carbocycles. The van der Waals surface area contributed by atoms with Gasteiger partial charge in [-0.2, -0.15) is 0 Å². The van der Waals surface area contributed by atoms with Gasteiger partial charge in [0.15, 0.2) is 0 Å². The second-order valence-corrected chi connectivity index (χ2v) is 5.49. The summed E-state index contributed by atoms with van der Waals surface area (Å²) in [6.07, 6.45) is 1.69. The summed E-state index contributed by atoms with van der Waals surface area (Å²) in [6, 6.07) is 11.5. The number of amides is 1. The van der Waals surface area contributed by atoms with E-state index in [1.54, 1.807) is 32.2 Å². The topological polar surface area (TPSA) is 75.6 Å². The fraction of sp³-hybridized carbons (Fsp3) is 0.111. The number of benzene rings is 2. The molecule has 0 aliphatic carbocycles. The summed E-state index contributed by atoms with van der Waals surface area (Å²) in [5.74, 6) is -0.882. The SMILES string of the molecule is COc1cccc(C=C(C)C(=O)Nc2ccc(Cl)cc2C(=O)O)c1. The normalized spacial score (nSPS) is 11.0. The van der Waals surface area contributed by atoms with E-state index >= 15 is 0 Å². The molecular weight excluding hydrogens is 330 g/mol. The number of aromatic carboxylic acids is 1. The number of nitrogens with one attached hydrogen (secondary N) is 1. The first-order valence-electron chi connectivity index (χ1n) is 7.07. The smallest absolute Gasteiger partial charge is 0.337 e. The highest BCUT2D eigenvalue weighted by Gasteiger charge is 2.14. The fourth-order valence-electron chi connectivity index (χ4n) is 2.07. The molecular formula is C18H16ClNO4. The lowest BCUT2D eigenvalue weighted by Crippen LogP contribution is -2.15. The van der Waals surface area contributed by atoms with Crippen molar-refractivity contribution >= 4 is 35.2 Å². The van der Waals surface area contributed by atoms with Crippen LogP contribution in [0.1, 0.15) is 22.8 Å². The molecule has 0 aliphatic heterocycles. The highest BCUT2D eigenvalue weighted by molar-refractivity contribution is 6.31. The number of carboxylic acid groups (broad SMARTS) is 1. The fourth-order valence-corrected chi connectivity index (χ4v) is 2.24. The number of carbonyl (C=O) groups excluding carboxylic acids is 1. The van der Waals surface area contributed by atoms with E-state index in [4.69, 9.17) is 16.3 Å². The number of rotatable bonds is 5. The van der Waals surface area contributed by atoms with Gasteiger partial charge < -0.3 is 15.2 Å². The van der Waals surface area contributed by atoms with Crippen molar-refractivity contribution in [1.82, 2.24) is 0 Å². The number of halogens is 1. The summed E-state index contributed by atoms with van der Waals surface area (Å²) in [5, 5.41) is 12.1. The van der Waals surface area contributed by atoms with Gasteiger partial charge in [0.2, 0.25) is 0 Å². The molecule has 124 valence electrons. The Morgan fingerprint density at radius 1 is 1.21 bits per heavy atom. The van der Waals surface area contributed by atoms with E-state index in [1.165, 1.54) is 18.2 Å². The molecule has 0 spiro atoms. The largest absolute Gasteiger partial charge is 0.497 e. The van der Waals surface area contributed by atoms with Crippen molar-refractivity contribution in [3.63, 3.8) is 0 Å². The van der Waals surface area contributed by atoms with Gasteiger partial charge >= 0.3 is 5.97 Å². The molecule has 0 radical (unpaired) electrons. The Morgan fingerprint density at radius 3 is 2.62 bits per heavy atom. The zero-order valence-electron chi connectivity index (χ0n) is 13.2. The molecule has 5 nitrogen and oxygen atoms in total. The molecule has 0 aromatic heterocycles. The zero-order chi connectivity index (χ0) is 17.7. The van der Waals surface area contributed by atoms with Crippen LogP contribution in [0.4, 0.5) is 5.69 Å². The second-order valence-electron chi connectivity index (χ2n) is 5.05. The van der Waals surface area contributed by atoms with Crippen molar-refractivity contribution in [2.24, 2.45) is 0 Å². The van der Waals surface area contributed by atoms with Gasteiger partial charge in [-0.25, -0.2) is 4.79 Å². The minimum absolute atomic E-state index is 0.0648. The summed E-state index contributed by atoms with van der Waals surface area (Å²) in [7, 11) is 1.57. The number of ether oxygens (including phenoxy) is 1. The van der Waals surface area contributed by atoms with Crippen molar-refractivity contribution in [3.05, 3.63) is 64.2 Å². The number of methoxy groups -OCH3 is 1. The minimum atomic E-state index is -1.16. The van der Waals surface area contributed by atoms with E-state index in [2.05, 4.69) is 5.32 Å². The van der Waals surface area contributed by atoms with Gasteiger partial charge in [-0.3, -0.25) is 4.79 Å². The van der Waals surface area contributed by atoms with Gasteiger partial charge in [0.1, 0.15) is 5.75 Å². The zero-order valence-corrected chi connectivity index (χ0v) is 13.9. The molecule has 0 atom stereocenters. The molecule has 2 aromatic rings. The number of hydrogen-bond donors (Lipinski definition) is 2. The number of carbonyl (C=O) groups is 2. The molecule has 1 amide bonds. The second kappa shape index (κ2) is 7.66. The lowest BCUT2D eigenvalue weighted by atomic mass is 10.1. The lowest BCUT2D eigenvalue weighted by molar-refractivity contribution is -0.112. The summed E-state index contributed by atoms with van der Waals surface area (Å²) < 4.78 is 5.14. The first-order chi connectivity index (χ1) is 11.4. The van der Waals surface area contributed by atoms with E-state index in [0.717, 1.165) is 5.56 Å². The van der Waals surface area contributed by atoms with Crippen LogP contribution in [0.2, 0.25) is 5.02 Å². The van der Waals surface area contributed by atoms with Crippen molar-refractivity contribution in [3.8, 4) is 5.75 Å². The van der Waals surface area contributed by atoms with Crippen LogP contribution in [-0.2, 0) is 4.79 Å². The Kier molecular flexibility index (Phi) is 5.60. The number of anilines is 1. The maximum absolute atomic E-state index is 12.3.